The molecule has 0 heterocycles. The van der Waals surface area contributed by atoms with Crippen molar-refractivity contribution in [2.24, 2.45) is 47.3 Å². The molecule has 5 rings (SSSR count). The topological polar surface area (TPSA) is 0 Å². The van der Waals surface area contributed by atoms with Gasteiger partial charge in [0.15, 0.2) is 0 Å². The zero-order valence-corrected chi connectivity index (χ0v) is 8.86. The van der Waals surface area contributed by atoms with Gasteiger partial charge in [-0.25, -0.2) is 0 Å². The quantitative estimate of drug-likeness (QED) is 0.512. The molecular weight excluding hydrogens is 168 g/mol. The smallest absolute Gasteiger partial charge is 0.0315 e. The van der Waals surface area contributed by atoms with E-state index in [0.717, 1.165) is 0 Å². The zero-order valence-electron chi connectivity index (χ0n) is 8.86. The maximum absolute atomic E-state index is 1.62. The summed E-state index contributed by atoms with van der Waals surface area (Å²) in [6.07, 6.45) is 9.60. The minimum absolute atomic E-state index is 1.23. The lowest BCUT2D eigenvalue weighted by molar-refractivity contribution is -0.342. The van der Waals surface area contributed by atoms with Gasteiger partial charge in [-0.1, -0.05) is 12.8 Å². The molecule has 0 aromatic rings. The molecule has 0 radical (unpaired) electrons. The summed E-state index contributed by atoms with van der Waals surface area (Å²) in [6.45, 7) is 0. The number of hydrogen-bond acceptors (Lipinski definition) is 0. The van der Waals surface area contributed by atoms with Crippen LogP contribution in [0.25, 0.3) is 0 Å². The van der Waals surface area contributed by atoms with Gasteiger partial charge in [-0.05, 0) is 73.0 Å². The summed E-state index contributed by atoms with van der Waals surface area (Å²) >= 11 is 0. The first-order valence-electron chi connectivity index (χ1n) is 6.97. The highest BCUT2D eigenvalue weighted by molar-refractivity contribution is 5.23. The van der Waals surface area contributed by atoms with Crippen molar-refractivity contribution < 1.29 is 0 Å². The van der Waals surface area contributed by atoms with E-state index in [9.17, 15) is 0 Å². The van der Waals surface area contributed by atoms with Gasteiger partial charge < -0.3 is 0 Å². The Labute approximate surface area is 86.5 Å². The third kappa shape index (κ3) is 0.537. The molecule has 0 aromatic carbocycles. The van der Waals surface area contributed by atoms with Crippen LogP contribution in [0.15, 0.2) is 0 Å². The molecule has 0 heteroatoms. The fraction of sp³-hybridized carbons (Fsp3) is 1.00. The Morgan fingerprint density at radius 1 is 0.429 bits per heavy atom. The van der Waals surface area contributed by atoms with E-state index >= 15 is 0 Å². The molecule has 5 aliphatic rings. The second-order valence-electron chi connectivity index (χ2n) is 6.83. The van der Waals surface area contributed by atoms with E-state index in [-0.39, 0.29) is 0 Å². The van der Waals surface area contributed by atoms with Crippen molar-refractivity contribution in [1.82, 2.24) is 0 Å². The second-order valence-corrected chi connectivity index (χ2v) is 6.83. The number of hydrogen-bond donors (Lipinski definition) is 0. The van der Waals surface area contributed by atoms with Crippen molar-refractivity contribution >= 4 is 0 Å². The highest BCUT2D eigenvalue weighted by Gasteiger charge is 2.76. The first-order chi connectivity index (χ1) is 6.97. The van der Waals surface area contributed by atoms with Crippen molar-refractivity contribution in [1.29, 1.82) is 0 Å². The molecule has 0 bridgehead atoms. The van der Waals surface area contributed by atoms with Gasteiger partial charge in [0.05, 0.1) is 0 Å². The van der Waals surface area contributed by atoms with Crippen LogP contribution < -0.4 is 0 Å². The molecule has 0 spiro atoms. The Hall–Kier alpha value is 0. The minimum Gasteiger partial charge on any atom is -0.0530 e. The van der Waals surface area contributed by atoms with E-state index in [1.54, 1.807) is 38.5 Å². The van der Waals surface area contributed by atoms with Gasteiger partial charge in [0.2, 0.25) is 0 Å². The summed E-state index contributed by atoms with van der Waals surface area (Å²) in [6, 6.07) is 0. The van der Waals surface area contributed by atoms with Crippen LogP contribution in [0.2, 0.25) is 0 Å². The van der Waals surface area contributed by atoms with Crippen molar-refractivity contribution in [3.63, 3.8) is 0 Å². The summed E-state index contributed by atoms with van der Waals surface area (Å²) < 4.78 is 0. The molecule has 5 fully saturated rings. The second kappa shape index (κ2) is 2.08. The Morgan fingerprint density at radius 2 is 0.786 bits per heavy atom. The first kappa shape index (κ1) is 7.30. The summed E-state index contributed by atoms with van der Waals surface area (Å²) in [4.78, 5) is 0. The molecule has 0 saturated heterocycles. The van der Waals surface area contributed by atoms with Gasteiger partial charge in [0.25, 0.3) is 0 Å². The summed E-state index contributed by atoms with van der Waals surface area (Å²) in [7, 11) is 0. The Balaban J connectivity index is 1.45. The van der Waals surface area contributed by atoms with Crippen LogP contribution in [0.5, 0.6) is 0 Å². The van der Waals surface area contributed by atoms with Crippen molar-refractivity contribution in [2.45, 2.75) is 38.5 Å². The van der Waals surface area contributed by atoms with E-state index in [2.05, 4.69) is 0 Å². The monoisotopic (exact) mass is 188 g/mol. The van der Waals surface area contributed by atoms with Gasteiger partial charge in [-0.2, -0.15) is 0 Å². The molecule has 14 heavy (non-hydrogen) atoms. The van der Waals surface area contributed by atoms with Crippen molar-refractivity contribution in [2.75, 3.05) is 0 Å². The van der Waals surface area contributed by atoms with Gasteiger partial charge in [-0.3, -0.25) is 0 Å². The average Bonchev–Trinajstić information content (AvgIpc) is 2.15. The third-order valence-corrected chi connectivity index (χ3v) is 7.01. The van der Waals surface area contributed by atoms with E-state index in [1.807, 2.05) is 0 Å². The average molecular weight is 188 g/mol. The Morgan fingerprint density at radius 3 is 1.14 bits per heavy atom. The van der Waals surface area contributed by atoms with E-state index in [1.165, 1.54) is 47.3 Å². The largest absolute Gasteiger partial charge is 0.0530 e. The highest BCUT2D eigenvalue weighted by atomic mass is 14.8. The minimum atomic E-state index is 1.23. The lowest BCUT2D eigenvalue weighted by Crippen LogP contribution is -2.77. The predicted octanol–water partition coefficient (Wildman–Crippen LogP) is 3.32. The molecule has 8 unspecified atom stereocenters. The summed E-state index contributed by atoms with van der Waals surface area (Å²) in [5, 5.41) is 0. The van der Waals surface area contributed by atoms with Crippen LogP contribution in [-0.4, -0.2) is 0 Å². The van der Waals surface area contributed by atoms with Crippen LogP contribution >= 0.6 is 0 Å². The van der Waals surface area contributed by atoms with E-state index in [0.29, 0.717) is 0 Å². The Bertz CT molecular complexity index is 256. The van der Waals surface area contributed by atoms with Gasteiger partial charge >= 0.3 is 0 Å². The van der Waals surface area contributed by atoms with Crippen LogP contribution in [0.4, 0.5) is 0 Å². The molecule has 0 N–H and O–H groups in total. The predicted molar refractivity (Wildman–Crippen MR) is 55.6 cm³/mol. The van der Waals surface area contributed by atoms with Crippen molar-refractivity contribution in [3.05, 3.63) is 0 Å². The van der Waals surface area contributed by atoms with Crippen LogP contribution in [0, 0.1) is 47.3 Å². The maximum Gasteiger partial charge on any atom is -0.0315 e. The zero-order chi connectivity index (χ0) is 8.86. The number of fused-ring (bicyclic) bond motifs is 10. The maximum atomic E-state index is 1.62. The van der Waals surface area contributed by atoms with Crippen LogP contribution in [0.1, 0.15) is 38.5 Å². The standard InChI is InChI=1S/C14H20/c1-2-4-8-7(3-1)11-12(8)14-10-6-5-9(10)13(11)14/h7-14H,1-6H2. The summed E-state index contributed by atoms with van der Waals surface area (Å²) in [5.74, 6) is 10.1. The molecular formula is C14H20. The number of rotatable bonds is 0. The SMILES string of the molecule is C1CCC2C(C1)C1C2C2C3CCC3C12. The lowest BCUT2D eigenvalue weighted by atomic mass is 9.23. The normalized spacial score (nSPS) is 72.0. The molecule has 0 aliphatic heterocycles. The molecule has 0 amide bonds. The molecule has 76 valence electrons. The highest BCUT2D eigenvalue weighted by Crippen LogP contribution is 2.81. The van der Waals surface area contributed by atoms with Gasteiger partial charge in [-0.15, -0.1) is 0 Å². The van der Waals surface area contributed by atoms with E-state index in [4.69, 9.17) is 0 Å². The first-order valence-corrected chi connectivity index (χ1v) is 6.97. The van der Waals surface area contributed by atoms with Crippen molar-refractivity contribution in [3.8, 4) is 0 Å². The lowest BCUT2D eigenvalue weighted by Gasteiger charge is -2.82. The summed E-state index contributed by atoms with van der Waals surface area (Å²) in [5.41, 5.74) is 0. The fourth-order valence-electron chi connectivity index (χ4n) is 6.52. The molecule has 5 saturated carbocycles. The molecule has 0 aromatic heterocycles. The Kier molecular flexibility index (Phi) is 1.08. The van der Waals surface area contributed by atoms with Crippen LogP contribution in [-0.2, 0) is 0 Å². The van der Waals surface area contributed by atoms with Crippen LogP contribution in [0.3, 0.4) is 0 Å². The molecule has 8 atom stereocenters. The van der Waals surface area contributed by atoms with Gasteiger partial charge in [0.1, 0.15) is 0 Å². The third-order valence-electron chi connectivity index (χ3n) is 7.01. The molecule has 0 nitrogen and oxygen atoms in total. The fourth-order valence-corrected chi connectivity index (χ4v) is 6.52. The van der Waals surface area contributed by atoms with E-state index < -0.39 is 0 Å². The molecule has 5 aliphatic carbocycles. The van der Waals surface area contributed by atoms with Gasteiger partial charge in [0, 0.05) is 0 Å².